The molecule has 0 radical (unpaired) electrons. The van der Waals surface area contributed by atoms with Crippen molar-refractivity contribution in [2.24, 2.45) is 0 Å². The Morgan fingerprint density at radius 2 is 1.94 bits per heavy atom. The fourth-order valence-corrected chi connectivity index (χ4v) is 1.57. The molecule has 0 saturated heterocycles. The van der Waals surface area contributed by atoms with Crippen LogP contribution in [0, 0.1) is 13.8 Å². The van der Waals surface area contributed by atoms with Gasteiger partial charge in [-0.05, 0) is 25.5 Å². The van der Waals surface area contributed by atoms with Crippen LogP contribution in [-0.4, -0.2) is 16.1 Å². The van der Waals surface area contributed by atoms with Crippen LogP contribution in [-0.2, 0) is 0 Å². The molecule has 0 aliphatic rings. The second-order valence-corrected chi connectivity index (χ2v) is 3.99. The van der Waals surface area contributed by atoms with Gasteiger partial charge in [0.15, 0.2) is 0 Å². The molecule has 1 N–H and O–H groups in total. The van der Waals surface area contributed by atoms with E-state index in [4.69, 9.17) is 9.84 Å². The maximum atomic E-state index is 11.1. The van der Waals surface area contributed by atoms with Crippen molar-refractivity contribution in [2.75, 3.05) is 0 Å². The molecular formula is C14H13NO3. The van der Waals surface area contributed by atoms with Gasteiger partial charge in [0, 0.05) is 18.0 Å². The van der Waals surface area contributed by atoms with Gasteiger partial charge in [0.25, 0.3) is 0 Å². The first-order valence-corrected chi connectivity index (χ1v) is 5.51. The van der Waals surface area contributed by atoms with E-state index in [9.17, 15) is 4.79 Å². The molecule has 0 spiro atoms. The maximum absolute atomic E-state index is 11.1. The van der Waals surface area contributed by atoms with Crippen molar-refractivity contribution in [2.45, 2.75) is 13.8 Å². The molecule has 1 heterocycles. The Morgan fingerprint density at radius 1 is 1.22 bits per heavy atom. The number of ether oxygens (including phenoxy) is 1. The summed E-state index contributed by atoms with van der Waals surface area (Å²) in [5.41, 5.74) is 1.72. The minimum Gasteiger partial charge on any atom is -0.477 e. The van der Waals surface area contributed by atoms with Gasteiger partial charge in [0.2, 0.25) is 0 Å². The summed E-state index contributed by atoms with van der Waals surface area (Å²) < 4.78 is 5.66. The first-order chi connectivity index (χ1) is 8.58. The summed E-state index contributed by atoms with van der Waals surface area (Å²) >= 11 is 0. The zero-order valence-electron chi connectivity index (χ0n) is 10.2. The molecule has 0 unspecified atom stereocenters. The van der Waals surface area contributed by atoms with Crippen LogP contribution < -0.4 is 4.74 Å². The van der Waals surface area contributed by atoms with E-state index >= 15 is 0 Å². The number of hydrogen-bond acceptors (Lipinski definition) is 3. The second kappa shape index (κ2) is 4.87. The Hall–Kier alpha value is -2.36. The fraction of sp³-hybridized carbons (Fsp3) is 0.143. The lowest BCUT2D eigenvalue weighted by Crippen LogP contribution is -2.02. The van der Waals surface area contributed by atoms with E-state index in [1.54, 1.807) is 19.1 Å². The lowest BCUT2D eigenvalue weighted by Gasteiger charge is -2.11. The van der Waals surface area contributed by atoms with Gasteiger partial charge in [-0.25, -0.2) is 4.79 Å². The van der Waals surface area contributed by atoms with E-state index < -0.39 is 5.97 Å². The SMILES string of the molecule is Cc1cc(Oc2ccccc2C)c(C(=O)O)cn1. The number of nitrogens with zero attached hydrogens (tertiary/aromatic N) is 1. The monoisotopic (exact) mass is 243 g/mol. The smallest absolute Gasteiger partial charge is 0.341 e. The Kier molecular flexibility index (Phi) is 3.28. The Balaban J connectivity index is 2.42. The highest BCUT2D eigenvalue weighted by molar-refractivity contribution is 5.90. The third-order valence-corrected chi connectivity index (χ3v) is 2.55. The molecule has 0 aliphatic carbocycles. The minimum atomic E-state index is -1.05. The van der Waals surface area contributed by atoms with Gasteiger partial charge in [-0.15, -0.1) is 0 Å². The molecule has 2 aromatic rings. The van der Waals surface area contributed by atoms with Crippen molar-refractivity contribution in [3.05, 3.63) is 53.3 Å². The van der Waals surface area contributed by atoms with Gasteiger partial charge in [-0.2, -0.15) is 0 Å². The topological polar surface area (TPSA) is 59.4 Å². The van der Waals surface area contributed by atoms with Gasteiger partial charge < -0.3 is 9.84 Å². The van der Waals surface area contributed by atoms with Gasteiger partial charge in [-0.1, -0.05) is 18.2 Å². The number of carbonyl (C=O) groups is 1. The molecule has 2 rings (SSSR count). The number of rotatable bonds is 3. The van der Waals surface area contributed by atoms with Crippen LogP contribution in [0.4, 0.5) is 0 Å². The molecule has 18 heavy (non-hydrogen) atoms. The van der Waals surface area contributed by atoms with Crippen molar-refractivity contribution < 1.29 is 14.6 Å². The van der Waals surface area contributed by atoms with Gasteiger partial charge in [-0.3, -0.25) is 4.98 Å². The first-order valence-electron chi connectivity index (χ1n) is 5.51. The second-order valence-electron chi connectivity index (χ2n) is 3.99. The van der Waals surface area contributed by atoms with Crippen molar-refractivity contribution in [1.82, 2.24) is 4.98 Å². The van der Waals surface area contributed by atoms with E-state index in [0.29, 0.717) is 17.2 Å². The minimum absolute atomic E-state index is 0.0591. The molecular weight excluding hydrogens is 230 g/mol. The van der Waals surface area contributed by atoms with Crippen molar-refractivity contribution >= 4 is 5.97 Å². The van der Waals surface area contributed by atoms with E-state index in [1.165, 1.54) is 6.20 Å². The Labute approximate surface area is 105 Å². The molecule has 0 amide bonds. The van der Waals surface area contributed by atoms with Crippen LogP contribution in [0.5, 0.6) is 11.5 Å². The summed E-state index contributed by atoms with van der Waals surface area (Å²) in [5.74, 6) is -0.0963. The summed E-state index contributed by atoms with van der Waals surface area (Å²) in [4.78, 5) is 15.1. The number of aromatic carboxylic acids is 1. The average molecular weight is 243 g/mol. The standard InChI is InChI=1S/C14H13NO3/c1-9-5-3-4-6-12(9)18-13-7-10(2)15-8-11(13)14(16)17/h3-8H,1-2H3,(H,16,17). The fourth-order valence-electron chi connectivity index (χ4n) is 1.57. The van der Waals surface area contributed by atoms with Crippen LogP contribution >= 0.6 is 0 Å². The number of pyridine rings is 1. The lowest BCUT2D eigenvalue weighted by atomic mass is 10.2. The zero-order valence-corrected chi connectivity index (χ0v) is 10.2. The normalized spacial score (nSPS) is 10.1. The highest BCUT2D eigenvalue weighted by Crippen LogP contribution is 2.27. The quantitative estimate of drug-likeness (QED) is 0.899. The van der Waals surface area contributed by atoms with E-state index in [0.717, 1.165) is 5.56 Å². The molecule has 92 valence electrons. The highest BCUT2D eigenvalue weighted by Gasteiger charge is 2.13. The van der Waals surface area contributed by atoms with Crippen LogP contribution in [0.3, 0.4) is 0 Å². The molecule has 0 fully saturated rings. The van der Waals surface area contributed by atoms with Gasteiger partial charge in [0.1, 0.15) is 17.1 Å². The van der Waals surface area contributed by atoms with Crippen LogP contribution in [0.25, 0.3) is 0 Å². The third kappa shape index (κ3) is 2.48. The maximum Gasteiger partial charge on any atom is 0.341 e. The number of aryl methyl sites for hydroxylation is 2. The number of carboxylic acid groups (broad SMARTS) is 1. The third-order valence-electron chi connectivity index (χ3n) is 2.55. The van der Waals surface area contributed by atoms with Crippen molar-refractivity contribution in [3.8, 4) is 11.5 Å². The predicted molar refractivity (Wildman–Crippen MR) is 67.2 cm³/mol. The number of carboxylic acids is 1. The van der Waals surface area contributed by atoms with E-state index in [-0.39, 0.29) is 5.56 Å². The summed E-state index contributed by atoms with van der Waals surface area (Å²) in [7, 11) is 0. The molecule has 0 atom stereocenters. The van der Waals surface area contributed by atoms with E-state index in [2.05, 4.69) is 4.98 Å². The average Bonchev–Trinajstić information content (AvgIpc) is 2.32. The largest absolute Gasteiger partial charge is 0.477 e. The summed E-state index contributed by atoms with van der Waals surface area (Å²) in [6.07, 6.45) is 1.31. The Morgan fingerprint density at radius 3 is 2.61 bits per heavy atom. The van der Waals surface area contributed by atoms with Crippen molar-refractivity contribution in [1.29, 1.82) is 0 Å². The number of para-hydroxylation sites is 1. The van der Waals surface area contributed by atoms with Crippen LogP contribution in [0.15, 0.2) is 36.5 Å². The molecule has 0 bridgehead atoms. The number of benzene rings is 1. The van der Waals surface area contributed by atoms with Gasteiger partial charge >= 0.3 is 5.97 Å². The summed E-state index contributed by atoms with van der Waals surface area (Å²) in [6.45, 7) is 3.69. The summed E-state index contributed by atoms with van der Waals surface area (Å²) in [6, 6.07) is 9.07. The Bertz CT molecular complexity index is 593. The predicted octanol–water partition coefficient (Wildman–Crippen LogP) is 3.19. The molecule has 4 heteroatoms. The number of aromatic nitrogens is 1. The molecule has 4 nitrogen and oxygen atoms in total. The van der Waals surface area contributed by atoms with E-state index in [1.807, 2.05) is 25.1 Å². The van der Waals surface area contributed by atoms with Crippen molar-refractivity contribution in [3.63, 3.8) is 0 Å². The highest BCUT2D eigenvalue weighted by atomic mass is 16.5. The summed E-state index contributed by atoms with van der Waals surface area (Å²) in [5, 5.41) is 9.08. The molecule has 1 aromatic heterocycles. The van der Waals surface area contributed by atoms with Gasteiger partial charge in [0.05, 0.1) is 0 Å². The number of hydrogen-bond donors (Lipinski definition) is 1. The first kappa shape index (κ1) is 12.1. The molecule has 0 saturated carbocycles. The molecule has 1 aromatic carbocycles. The zero-order chi connectivity index (χ0) is 13.1. The van der Waals surface area contributed by atoms with Crippen LogP contribution in [0.2, 0.25) is 0 Å². The molecule has 0 aliphatic heterocycles. The lowest BCUT2D eigenvalue weighted by molar-refractivity contribution is 0.0693. The van der Waals surface area contributed by atoms with Crippen LogP contribution in [0.1, 0.15) is 21.6 Å².